The number of nitrogens with one attached hydrogen (secondary N) is 1. The van der Waals surface area contributed by atoms with Crippen LogP contribution in [0.1, 0.15) is 38.1 Å². The van der Waals surface area contributed by atoms with Crippen molar-refractivity contribution in [3.8, 4) is 0 Å². The van der Waals surface area contributed by atoms with Gasteiger partial charge in [-0.25, -0.2) is 4.79 Å². The maximum Gasteiger partial charge on any atom is 0.318 e. The van der Waals surface area contributed by atoms with Gasteiger partial charge in [0.2, 0.25) is 0 Å². The molecule has 0 spiro atoms. The Morgan fingerprint density at radius 3 is 2.55 bits per heavy atom. The van der Waals surface area contributed by atoms with Crippen LogP contribution in [0.4, 0.5) is 4.79 Å². The molecule has 1 aromatic heterocycles. The molecule has 0 radical (unpaired) electrons. The highest BCUT2D eigenvalue weighted by molar-refractivity contribution is 5.75. The van der Waals surface area contributed by atoms with E-state index in [2.05, 4.69) is 10.4 Å². The highest BCUT2D eigenvalue weighted by Gasteiger charge is 2.27. The number of amides is 2. The molecule has 0 aromatic carbocycles. The summed E-state index contributed by atoms with van der Waals surface area (Å²) in [5, 5.41) is 7.35. The van der Waals surface area contributed by atoms with Crippen molar-refractivity contribution < 1.29 is 9.53 Å². The van der Waals surface area contributed by atoms with Crippen LogP contribution >= 0.6 is 0 Å². The summed E-state index contributed by atoms with van der Waals surface area (Å²) in [5.41, 5.74) is 2.00. The summed E-state index contributed by atoms with van der Waals surface area (Å²) in [6, 6.07) is -0.0904. The number of urea groups is 1. The Kier molecular flexibility index (Phi) is 4.32. The van der Waals surface area contributed by atoms with E-state index >= 15 is 0 Å². The van der Waals surface area contributed by atoms with Crippen LogP contribution in [0.3, 0.4) is 0 Å². The third kappa shape index (κ3) is 3.30. The van der Waals surface area contributed by atoms with Gasteiger partial charge in [-0.3, -0.25) is 4.68 Å². The number of aryl methyl sites for hydroxylation is 2. The maximum atomic E-state index is 12.3. The largest absolute Gasteiger partial charge is 0.372 e. The first kappa shape index (κ1) is 14.8. The lowest BCUT2D eigenvalue weighted by Crippen LogP contribution is -2.52. The second-order valence-electron chi connectivity index (χ2n) is 5.68. The molecule has 112 valence electrons. The molecule has 1 aliphatic heterocycles. The smallest absolute Gasteiger partial charge is 0.318 e. The normalized spacial score (nSPS) is 24.6. The molecule has 6 nitrogen and oxygen atoms in total. The molecule has 0 aliphatic carbocycles. The van der Waals surface area contributed by atoms with Gasteiger partial charge in [0.25, 0.3) is 0 Å². The van der Waals surface area contributed by atoms with Crippen LogP contribution in [0, 0.1) is 6.92 Å². The number of rotatable bonds is 2. The lowest BCUT2D eigenvalue weighted by atomic mass is 10.1. The van der Waals surface area contributed by atoms with E-state index in [9.17, 15) is 4.79 Å². The van der Waals surface area contributed by atoms with E-state index in [4.69, 9.17) is 4.74 Å². The monoisotopic (exact) mass is 280 g/mol. The molecule has 1 N–H and O–H groups in total. The fourth-order valence-corrected chi connectivity index (χ4v) is 2.74. The van der Waals surface area contributed by atoms with Gasteiger partial charge >= 0.3 is 6.03 Å². The van der Waals surface area contributed by atoms with Crippen molar-refractivity contribution >= 4 is 6.03 Å². The van der Waals surface area contributed by atoms with Gasteiger partial charge in [0.05, 0.1) is 23.9 Å². The van der Waals surface area contributed by atoms with Crippen LogP contribution < -0.4 is 5.32 Å². The second kappa shape index (κ2) is 5.83. The highest BCUT2D eigenvalue weighted by atomic mass is 16.5. The Hall–Kier alpha value is -1.56. The zero-order chi connectivity index (χ0) is 14.9. The van der Waals surface area contributed by atoms with E-state index in [-0.39, 0.29) is 24.3 Å². The van der Waals surface area contributed by atoms with Gasteiger partial charge in [0, 0.05) is 31.9 Å². The molecule has 1 aliphatic rings. The number of carbonyl (C=O) groups is 1. The van der Waals surface area contributed by atoms with Crippen LogP contribution in [-0.2, 0) is 11.8 Å². The summed E-state index contributed by atoms with van der Waals surface area (Å²) in [6.07, 6.45) is 2.12. The second-order valence-corrected chi connectivity index (χ2v) is 5.68. The number of aromatic nitrogens is 2. The SMILES string of the molecule is Cc1nn(C)cc1C(C)NC(=O)N1CC(C)OC(C)C1. The van der Waals surface area contributed by atoms with Crippen LogP contribution in [0.2, 0.25) is 0 Å². The van der Waals surface area contributed by atoms with E-state index in [1.54, 1.807) is 4.68 Å². The van der Waals surface area contributed by atoms with Crippen molar-refractivity contribution in [2.24, 2.45) is 7.05 Å². The fraction of sp³-hybridized carbons (Fsp3) is 0.714. The minimum absolute atomic E-state index is 0.0391. The Bertz CT molecular complexity index is 476. The molecule has 1 saturated heterocycles. The zero-order valence-corrected chi connectivity index (χ0v) is 12.9. The highest BCUT2D eigenvalue weighted by Crippen LogP contribution is 2.17. The lowest BCUT2D eigenvalue weighted by molar-refractivity contribution is -0.0547. The molecule has 3 atom stereocenters. The average molecular weight is 280 g/mol. The molecule has 2 amide bonds. The first-order valence-corrected chi connectivity index (χ1v) is 7.08. The van der Waals surface area contributed by atoms with E-state index in [1.165, 1.54) is 0 Å². The van der Waals surface area contributed by atoms with Gasteiger partial charge in [0.1, 0.15) is 0 Å². The topological polar surface area (TPSA) is 59.4 Å². The minimum atomic E-state index is -0.0512. The van der Waals surface area contributed by atoms with Gasteiger partial charge < -0.3 is 15.0 Å². The first-order chi connectivity index (χ1) is 9.36. The van der Waals surface area contributed by atoms with E-state index < -0.39 is 0 Å². The molecule has 1 aromatic rings. The lowest BCUT2D eigenvalue weighted by Gasteiger charge is -2.35. The maximum absolute atomic E-state index is 12.3. The molecule has 3 unspecified atom stereocenters. The Morgan fingerprint density at radius 1 is 1.45 bits per heavy atom. The van der Waals surface area contributed by atoms with Crippen molar-refractivity contribution in [1.29, 1.82) is 0 Å². The molecule has 2 heterocycles. The van der Waals surface area contributed by atoms with Crippen LogP contribution in [0.5, 0.6) is 0 Å². The van der Waals surface area contributed by atoms with Gasteiger partial charge in [0.15, 0.2) is 0 Å². The molecule has 1 fully saturated rings. The molecular weight excluding hydrogens is 256 g/mol. The number of ether oxygens (including phenoxy) is 1. The number of hydrogen-bond donors (Lipinski definition) is 1. The van der Waals surface area contributed by atoms with Gasteiger partial charge in [-0.1, -0.05) is 0 Å². The molecule has 2 rings (SSSR count). The third-order valence-corrected chi connectivity index (χ3v) is 3.56. The van der Waals surface area contributed by atoms with Crippen LogP contribution in [0.25, 0.3) is 0 Å². The van der Waals surface area contributed by atoms with E-state index in [1.807, 2.05) is 45.8 Å². The van der Waals surface area contributed by atoms with Gasteiger partial charge in [-0.2, -0.15) is 5.10 Å². The zero-order valence-electron chi connectivity index (χ0n) is 12.9. The average Bonchev–Trinajstić information content (AvgIpc) is 2.67. The quantitative estimate of drug-likeness (QED) is 0.895. The summed E-state index contributed by atoms with van der Waals surface area (Å²) >= 11 is 0. The van der Waals surface area contributed by atoms with Crippen LogP contribution in [0.15, 0.2) is 6.20 Å². The predicted octanol–water partition coefficient (Wildman–Crippen LogP) is 1.61. The molecule has 6 heteroatoms. The Labute approximate surface area is 120 Å². The Morgan fingerprint density at radius 2 is 2.05 bits per heavy atom. The molecule has 20 heavy (non-hydrogen) atoms. The summed E-state index contributed by atoms with van der Waals surface area (Å²) in [6.45, 7) is 9.19. The van der Waals surface area contributed by atoms with Crippen molar-refractivity contribution in [1.82, 2.24) is 20.0 Å². The number of morpholine rings is 1. The number of hydrogen-bond acceptors (Lipinski definition) is 3. The fourth-order valence-electron chi connectivity index (χ4n) is 2.74. The van der Waals surface area contributed by atoms with Gasteiger partial charge in [-0.15, -0.1) is 0 Å². The van der Waals surface area contributed by atoms with Crippen molar-refractivity contribution in [2.45, 2.75) is 45.9 Å². The standard InChI is InChI=1S/C14H24N4O2/c1-9-6-18(7-10(2)20-9)14(19)15-11(3)13-8-17(5)16-12(13)4/h8-11H,6-7H2,1-5H3,(H,15,19). The molecule has 0 bridgehead atoms. The minimum Gasteiger partial charge on any atom is -0.372 e. The summed E-state index contributed by atoms with van der Waals surface area (Å²) in [5.74, 6) is 0. The Balaban J connectivity index is 1.98. The van der Waals surface area contributed by atoms with Crippen LogP contribution in [-0.4, -0.2) is 46.0 Å². The number of nitrogens with zero attached hydrogens (tertiary/aromatic N) is 3. The molecule has 0 saturated carbocycles. The van der Waals surface area contributed by atoms with Crippen molar-refractivity contribution in [3.63, 3.8) is 0 Å². The first-order valence-electron chi connectivity index (χ1n) is 7.08. The molecular formula is C14H24N4O2. The van der Waals surface area contributed by atoms with E-state index in [0.29, 0.717) is 13.1 Å². The van der Waals surface area contributed by atoms with E-state index in [0.717, 1.165) is 11.3 Å². The third-order valence-electron chi connectivity index (χ3n) is 3.56. The van der Waals surface area contributed by atoms with Crippen molar-refractivity contribution in [3.05, 3.63) is 17.5 Å². The summed E-state index contributed by atoms with van der Waals surface area (Å²) in [4.78, 5) is 14.1. The van der Waals surface area contributed by atoms with Gasteiger partial charge in [-0.05, 0) is 27.7 Å². The van der Waals surface area contributed by atoms with Crippen molar-refractivity contribution in [2.75, 3.05) is 13.1 Å². The number of carbonyl (C=O) groups excluding carboxylic acids is 1. The summed E-state index contributed by atoms with van der Waals surface area (Å²) in [7, 11) is 1.89. The predicted molar refractivity (Wildman–Crippen MR) is 76.5 cm³/mol. The summed E-state index contributed by atoms with van der Waals surface area (Å²) < 4.78 is 7.41.